The smallest absolute Gasteiger partial charge is 0.0733 e. The van der Waals surface area contributed by atoms with E-state index in [4.69, 9.17) is 5.21 Å². The fraction of sp³-hybridized carbons (Fsp3) is 0.381. The molecular formula is C21H27NO. The van der Waals surface area contributed by atoms with Crippen molar-refractivity contribution in [2.45, 2.75) is 51.9 Å². The van der Waals surface area contributed by atoms with Crippen LogP contribution < -0.4 is 0 Å². The van der Waals surface area contributed by atoms with Crippen LogP contribution >= 0.6 is 0 Å². The summed E-state index contributed by atoms with van der Waals surface area (Å²) in [4.78, 5) is 0. The zero-order chi connectivity index (χ0) is 16.3. The van der Waals surface area contributed by atoms with E-state index in [1.807, 2.05) is 12.1 Å². The predicted octanol–water partition coefficient (Wildman–Crippen LogP) is 6.06. The van der Waals surface area contributed by atoms with Gasteiger partial charge in [-0.25, -0.2) is 0 Å². The molecule has 0 aliphatic rings. The molecule has 0 aliphatic heterocycles. The molecule has 2 aromatic rings. The summed E-state index contributed by atoms with van der Waals surface area (Å²) < 4.78 is 0. The average Bonchev–Trinajstić information content (AvgIpc) is 2.60. The van der Waals surface area contributed by atoms with E-state index >= 15 is 0 Å². The molecule has 0 fully saturated rings. The van der Waals surface area contributed by atoms with Gasteiger partial charge >= 0.3 is 0 Å². The molecule has 122 valence electrons. The molecule has 23 heavy (non-hydrogen) atoms. The van der Waals surface area contributed by atoms with E-state index in [-0.39, 0.29) is 0 Å². The van der Waals surface area contributed by atoms with Gasteiger partial charge in [-0.15, -0.1) is 0 Å². The van der Waals surface area contributed by atoms with Crippen LogP contribution in [0.15, 0.2) is 53.7 Å². The molecule has 0 aliphatic carbocycles. The summed E-state index contributed by atoms with van der Waals surface area (Å²) in [5, 5.41) is 11.6. The van der Waals surface area contributed by atoms with Crippen molar-refractivity contribution in [2.24, 2.45) is 5.16 Å². The minimum absolute atomic E-state index is 0.899. The summed E-state index contributed by atoms with van der Waals surface area (Å²) in [6.07, 6.45) is 10.7. The summed E-state index contributed by atoms with van der Waals surface area (Å²) in [5.74, 6) is 0. The molecule has 0 aromatic heterocycles. The highest BCUT2D eigenvalue weighted by Gasteiger charge is 1.99. The first-order valence-electron chi connectivity index (χ1n) is 8.70. The summed E-state index contributed by atoms with van der Waals surface area (Å²) >= 11 is 0. The topological polar surface area (TPSA) is 32.6 Å². The molecule has 0 amide bonds. The molecule has 2 nitrogen and oxygen atoms in total. The van der Waals surface area contributed by atoms with E-state index in [0.29, 0.717) is 0 Å². The minimum atomic E-state index is 0.899. The Labute approximate surface area is 139 Å². The number of unbranched alkanes of at least 4 members (excludes halogenated alkanes) is 5. The lowest BCUT2D eigenvalue weighted by molar-refractivity contribution is 0.322. The van der Waals surface area contributed by atoms with Crippen molar-refractivity contribution in [3.05, 3.63) is 59.7 Å². The number of aryl methyl sites for hydroxylation is 1. The lowest BCUT2D eigenvalue weighted by atomic mass is 10.00. The normalized spacial score (nSPS) is 11.2. The lowest BCUT2D eigenvalue weighted by Crippen LogP contribution is -1.87. The Hall–Kier alpha value is -2.09. The molecule has 2 rings (SSSR count). The minimum Gasteiger partial charge on any atom is -0.411 e. The maximum atomic E-state index is 8.54. The zero-order valence-corrected chi connectivity index (χ0v) is 14.0. The molecule has 2 heteroatoms. The Kier molecular flexibility index (Phi) is 7.38. The molecule has 0 radical (unpaired) electrons. The number of hydrogen-bond acceptors (Lipinski definition) is 2. The van der Waals surface area contributed by atoms with Gasteiger partial charge in [0.05, 0.1) is 6.21 Å². The summed E-state index contributed by atoms with van der Waals surface area (Å²) in [7, 11) is 0. The van der Waals surface area contributed by atoms with Gasteiger partial charge in [-0.2, -0.15) is 0 Å². The SMILES string of the molecule is CCCCCCCCc1ccc(-c2ccc(/C=N\O)cc2)cc1. The fourth-order valence-electron chi connectivity index (χ4n) is 2.80. The molecule has 0 spiro atoms. The molecule has 0 saturated carbocycles. The van der Waals surface area contributed by atoms with Crippen molar-refractivity contribution in [2.75, 3.05) is 0 Å². The van der Waals surface area contributed by atoms with E-state index < -0.39 is 0 Å². The molecular weight excluding hydrogens is 282 g/mol. The highest BCUT2D eigenvalue weighted by molar-refractivity contribution is 5.80. The summed E-state index contributed by atoms with van der Waals surface area (Å²) in [6.45, 7) is 2.26. The third-order valence-electron chi connectivity index (χ3n) is 4.22. The fourth-order valence-corrected chi connectivity index (χ4v) is 2.80. The Morgan fingerprint density at radius 2 is 1.35 bits per heavy atom. The van der Waals surface area contributed by atoms with Gasteiger partial charge in [0, 0.05) is 0 Å². The lowest BCUT2D eigenvalue weighted by Gasteiger charge is -2.05. The Morgan fingerprint density at radius 1 is 0.783 bits per heavy atom. The van der Waals surface area contributed by atoms with Gasteiger partial charge in [-0.05, 0) is 35.1 Å². The third kappa shape index (κ3) is 5.90. The quantitative estimate of drug-likeness (QED) is 0.259. The van der Waals surface area contributed by atoms with Crippen molar-refractivity contribution in [1.82, 2.24) is 0 Å². The van der Waals surface area contributed by atoms with E-state index in [9.17, 15) is 0 Å². The predicted molar refractivity (Wildman–Crippen MR) is 98.3 cm³/mol. The standard InChI is InChI=1S/C21H27NO/c1-2-3-4-5-6-7-8-18-9-13-20(14-10-18)21-15-11-19(12-16-21)17-22-23/h9-17,23H,2-8H2,1H3/b22-17-. The van der Waals surface area contributed by atoms with Crippen molar-refractivity contribution in [3.8, 4) is 11.1 Å². The van der Waals surface area contributed by atoms with Crippen LogP contribution in [-0.2, 0) is 6.42 Å². The highest BCUT2D eigenvalue weighted by Crippen LogP contribution is 2.21. The molecule has 0 unspecified atom stereocenters. The van der Waals surface area contributed by atoms with Gasteiger partial charge in [0.25, 0.3) is 0 Å². The first-order chi connectivity index (χ1) is 11.3. The van der Waals surface area contributed by atoms with Crippen LogP contribution in [0, 0.1) is 0 Å². The average molecular weight is 309 g/mol. The number of nitrogens with zero attached hydrogens (tertiary/aromatic N) is 1. The van der Waals surface area contributed by atoms with Crippen LogP contribution in [-0.4, -0.2) is 11.4 Å². The molecule has 0 bridgehead atoms. The highest BCUT2D eigenvalue weighted by atomic mass is 16.4. The number of benzene rings is 2. The molecule has 0 heterocycles. The Bertz CT molecular complexity index is 584. The molecule has 2 aromatic carbocycles. The number of rotatable bonds is 9. The Balaban J connectivity index is 1.84. The van der Waals surface area contributed by atoms with Gasteiger partial charge < -0.3 is 5.21 Å². The third-order valence-corrected chi connectivity index (χ3v) is 4.22. The second-order valence-corrected chi connectivity index (χ2v) is 6.08. The van der Waals surface area contributed by atoms with Crippen molar-refractivity contribution in [1.29, 1.82) is 0 Å². The maximum absolute atomic E-state index is 8.54. The van der Waals surface area contributed by atoms with Gasteiger partial charge in [0.15, 0.2) is 0 Å². The van der Waals surface area contributed by atoms with Crippen LogP contribution in [0.2, 0.25) is 0 Å². The van der Waals surface area contributed by atoms with E-state index in [0.717, 1.165) is 5.56 Å². The summed E-state index contributed by atoms with van der Waals surface area (Å²) in [6, 6.07) is 16.9. The van der Waals surface area contributed by atoms with Gasteiger partial charge in [0.2, 0.25) is 0 Å². The first kappa shape index (κ1) is 17.3. The van der Waals surface area contributed by atoms with Crippen LogP contribution in [0.4, 0.5) is 0 Å². The molecule has 0 saturated heterocycles. The van der Waals surface area contributed by atoms with Crippen LogP contribution in [0.1, 0.15) is 56.6 Å². The second kappa shape index (κ2) is 9.83. The second-order valence-electron chi connectivity index (χ2n) is 6.08. The largest absolute Gasteiger partial charge is 0.411 e. The zero-order valence-electron chi connectivity index (χ0n) is 14.0. The van der Waals surface area contributed by atoms with Gasteiger partial charge in [0.1, 0.15) is 0 Å². The van der Waals surface area contributed by atoms with Crippen molar-refractivity contribution >= 4 is 6.21 Å². The summed E-state index contributed by atoms with van der Waals surface area (Å²) in [5.41, 5.74) is 4.74. The van der Waals surface area contributed by atoms with Crippen LogP contribution in [0.5, 0.6) is 0 Å². The van der Waals surface area contributed by atoms with Gasteiger partial charge in [-0.1, -0.05) is 92.7 Å². The molecule has 0 atom stereocenters. The number of hydrogen-bond donors (Lipinski definition) is 1. The van der Waals surface area contributed by atoms with Crippen LogP contribution in [0.3, 0.4) is 0 Å². The monoisotopic (exact) mass is 309 g/mol. The van der Waals surface area contributed by atoms with E-state index in [2.05, 4.69) is 48.5 Å². The first-order valence-corrected chi connectivity index (χ1v) is 8.70. The maximum Gasteiger partial charge on any atom is 0.0733 e. The Morgan fingerprint density at radius 3 is 1.96 bits per heavy atom. The van der Waals surface area contributed by atoms with Crippen molar-refractivity contribution < 1.29 is 5.21 Å². The van der Waals surface area contributed by atoms with E-state index in [1.165, 1.54) is 67.9 Å². The van der Waals surface area contributed by atoms with E-state index in [1.54, 1.807) is 0 Å². The van der Waals surface area contributed by atoms with Gasteiger partial charge in [-0.3, -0.25) is 0 Å². The van der Waals surface area contributed by atoms with Crippen LogP contribution in [0.25, 0.3) is 11.1 Å². The molecule has 1 N–H and O–H groups in total. The number of oxime groups is 1. The van der Waals surface area contributed by atoms with Crippen molar-refractivity contribution in [3.63, 3.8) is 0 Å².